The number of carboxylic acid groups (broad SMARTS) is 1. The second-order valence-electron chi connectivity index (χ2n) is 11.4. The highest BCUT2D eigenvalue weighted by Gasteiger charge is 2.61. The van der Waals surface area contributed by atoms with Gasteiger partial charge in [0.15, 0.2) is 0 Å². The van der Waals surface area contributed by atoms with Gasteiger partial charge in [-0.1, -0.05) is 63.3 Å². The fourth-order valence-electron chi connectivity index (χ4n) is 5.86. The number of cyclic esters (lactones) is 1. The van der Waals surface area contributed by atoms with Crippen LogP contribution in [0.3, 0.4) is 0 Å². The van der Waals surface area contributed by atoms with Crippen LogP contribution in [0.1, 0.15) is 76.7 Å². The third-order valence-corrected chi connectivity index (χ3v) is 8.40. The number of hydrogen-bond donors (Lipinski definition) is 3. The molecule has 1 aliphatic carbocycles. The molecule has 41 heavy (non-hydrogen) atoms. The van der Waals surface area contributed by atoms with Crippen LogP contribution in [0.25, 0.3) is 0 Å². The number of fused-ring (bicyclic) bond motifs is 3. The Morgan fingerprint density at radius 2 is 1.95 bits per heavy atom. The molecule has 10 heteroatoms. The van der Waals surface area contributed by atoms with Gasteiger partial charge < -0.3 is 30.1 Å². The Kier molecular flexibility index (Phi) is 10.3. The van der Waals surface area contributed by atoms with Crippen molar-refractivity contribution in [2.24, 2.45) is 5.92 Å². The van der Waals surface area contributed by atoms with Gasteiger partial charge in [0.2, 0.25) is 11.8 Å². The number of unbranched alkanes of at least 4 members (excludes halogenated alkanes) is 1. The van der Waals surface area contributed by atoms with Crippen molar-refractivity contribution >= 4 is 23.9 Å². The van der Waals surface area contributed by atoms with Crippen LogP contribution in [0.5, 0.6) is 5.75 Å². The maximum atomic E-state index is 13.9. The van der Waals surface area contributed by atoms with Crippen LogP contribution in [0.4, 0.5) is 4.79 Å². The number of aryl methyl sites for hydroxylation is 1. The minimum absolute atomic E-state index is 0.134. The molecule has 10 nitrogen and oxygen atoms in total. The molecule has 0 spiro atoms. The molecule has 3 amide bonds. The van der Waals surface area contributed by atoms with E-state index in [0.717, 1.165) is 56.3 Å². The Morgan fingerprint density at radius 3 is 2.68 bits per heavy atom. The first-order valence-electron chi connectivity index (χ1n) is 14.9. The Labute approximate surface area is 241 Å². The number of ether oxygens (including phenoxy) is 2. The number of hydrogen-bond acceptors (Lipinski definition) is 6. The first-order chi connectivity index (χ1) is 19.8. The molecule has 5 atom stereocenters. The normalized spacial score (nSPS) is 29.0. The molecule has 4 rings (SSSR count). The van der Waals surface area contributed by atoms with Gasteiger partial charge >= 0.3 is 12.1 Å². The number of nitrogens with zero attached hydrogens (tertiary/aromatic N) is 1. The monoisotopic (exact) mass is 569 g/mol. The number of alkyl carbamates (subject to hydrolysis) is 1. The van der Waals surface area contributed by atoms with Gasteiger partial charge in [0, 0.05) is 12.3 Å². The first kappa shape index (κ1) is 30.4. The van der Waals surface area contributed by atoms with E-state index >= 15 is 0 Å². The summed E-state index contributed by atoms with van der Waals surface area (Å²) < 4.78 is 11.8. The van der Waals surface area contributed by atoms with Crippen molar-refractivity contribution < 1.29 is 33.8 Å². The van der Waals surface area contributed by atoms with E-state index < -0.39 is 47.6 Å². The Hall–Kier alpha value is -3.56. The Balaban J connectivity index is 1.61. The number of carboxylic acids is 1. The topological polar surface area (TPSA) is 134 Å². The number of rotatable bonds is 7. The zero-order valence-corrected chi connectivity index (χ0v) is 23.9. The number of benzene rings is 1. The average molecular weight is 570 g/mol. The van der Waals surface area contributed by atoms with Crippen molar-refractivity contribution in [3.05, 3.63) is 42.5 Å². The minimum atomic E-state index is -1.42. The molecular weight excluding hydrogens is 526 g/mol. The Bertz CT molecular complexity index is 1120. The summed E-state index contributed by atoms with van der Waals surface area (Å²) in [4.78, 5) is 53.7. The molecule has 1 aromatic carbocycles. The SMILES string of the molecule is C=C[C@@H]1C[C@]1(NC(=O)[C@@H]1C[C@@H]2CN1C(=O)[C@H](CCCC)NC(=O)OCCCCCCCc1ccccc1O2)C(=O)O. The fraction of sp³-hybridized carbons (Fsp3) is 0.613. The van der Waals surface area contributed by atoms with E-state index in [1.807, 2.05) is 31.2 Å². The standard InChI is InChI=1S/C31H43N3O7/c1-3-5-15-24-28(36)34-20-23(18-25(34)27(35)33-31(29(37)38)19-22(31)4-2)41-26-16-11-10-14-21(26)13-9-7-6-8-12-17-40-30(39)32-24/h4,10-11,14,16,22-25H,2-3,5-9,12-13,15,17-20H2,1H3,(H,32,39)(H,33,35)(H,37,38)/t22-,23-,24+,25+,31-/m1/s1. The zero-order valence-electron chi connectivity index (χ0n) is 23.9. The average Bonchev–Trinajstić information content (AvgIpc) is 3.52. The van der Waals surface area contributed by atoms with Crippen LogP contribution in [0.15, 0.2) is 36.9 Å². The summed E-state index contributed by atoms with van der Waals surface area (Å²) >= 11 is 0. The highest BCUT2D eigenvalue weighted by molar-refractivity contribution is 5.96. The molecule has 2 aliphatic heterocycles. The zero-order chi connectivity index (χ0) is 29.4. The maximum Gasteiger partial charge on any atom is 0.407 e. The van der Waals surface area contributed by atoms with Crippen LogP contribution < -0.4 is 15.4 Å². The van der Waals surface area contributed by atoms with Gasteiger partial charge in [0.1, 0.15) is 29.5 Å². The molecule has 3 N–H and O–H groups in total. The van der Waals surface area contributed by atoms with E-state index in [2.05, 4.69) is 17.2 Å². The van der Waals surface area contributed by atoms with E-state index in [-0.39, 0.29) is 31.9 Å². The molecule has 224 valence electrons. The summed E-state index contributed by atoms with van der Waals surface area (Å²) in [7, 11) is 0. The van der Waals surface area contributed by atoms with Gasteiger partial charge in [-0.05, 0) is 43.7 Å². The molecule has 2 fully saturated rings. The summed E-state index contributed by atoms with van der Waals surface area (Å²) in [5.74, 6) is -1.74. The van der Waals surface area contributed by atoms with Gasteiger partial charge in [-0.3, -0.25) is 9.59 Å². The van der Waals surface area contributed by atoms with Crippen LogP contribution in [-0.2, 0) is 25.5 Å². The lowest BCUT2D eigenvalue weighted by Gasteiger charge is -2.29. The van der Waals surface area contributed by atoms with Gasteiger partial charge in [0.05, 0.1) is 13.2 Å². The lowest BCUT2D eigenvalue weighted by molar-refractivity contribution is -0.145. The lowest BCUT2D eigenvalue weighted by atomic mass is 10.0. The third kappa shape index (κ3) is 7.40. The van der Waals surface area contributed by atoms with E-state index in [1.165, 1.54) is 11.0 Å². The van der Waals surface area contributed by atoms with Crippen LogP contribution in [0, 0.1) is 5.92 Å². The van der Waals surface area contributed by atoms with Crippen molar-refractivity contribution in [2.75, 3.05) is 13.2 Å². The van der Waals surface area contributed by atoms with Crippen LogP contribution in [-0.4, -0.2) is 70.8 Å². The predicted molar refractivity (Wildman–Crippen MR) is 152 cm³/mol. The second kappa shape index (κ2) is 13.9. The van der Waals surface area contributed by atoms with Crippen molar-refractivity contribution in [3.63, 3.8) is 0 Å². The van der Waals surface area contributed by atoms with Crippen LogP contribution >= 0.6 is 0 Å². The first-order valence-corrected chi connectivity index (χ1v) is 14.9. The number of aliphatic carboxylic acids is 1. The molecule has 0 aromatic heterocycles. The fourth-order valence-corrected chi connectivity index (χ4v) is 5.86. The molecule has 0 radical (unpaired) electrons. The smallest absolute Gasteiger partial charge is 0.407 e. The molecule has 2 bridgehead atoms. The van der Waals surface area contributed by atoms with Crippen molar-refractivity contribution in [3.8, 4) is 5.75 Å². The molecule has 1 saturated carbocycles. The third-order valence-electron chi connectivity index (χ3n) is 8.40. The van der Waals surface area contributed by atoms with Gasteiger partial charge in [-0.25, -0.2) is 9.59 Å². The maximum absolute atomic E-state index is 13.9. The highest BCUT2D eigenvalue weighted by Crippen LogP contribution is 2.45. The largest absolute Gasteiger partial charge is 0.488 e. The van der Waals surface area contributed by atoms with E-state index in [1.54, 1.807) is 0 Å². The summed E-state index contributed by atoms with van der Waals surface area (Å²) in [6, 6.07) is 6.00. The molecule has 2 heterocycles. The lowest BCUT2D eigenvalue weighted by Crippen LogP contribution is -2.56. The van der Waals surface area contributed by atoms with Crippen molar-refractivity contribution in [1.29, 1.82) is 0 Å². The van der Waals surface area contributed by atoms with E-state index in [9.17, 15) is 24.3 Å². The van der Waals surface area contributed by atoms with E-state index in [4.69, 9.17) is 9.47 Å². The van der Waals surface area contributed by atoms with E-state index in [0.29, 0.717) is 12.8 Å². The Morgan fingerprint density at radius 1 is 1.20 bits per heavy atom. The second-order valence-corrected chi connectivity index (χ2v) is 11.4. The summed E-state index contributed by atoms with van der Waals surface area (Å²) in [6.07, 6.45) is 8.34. The number of carbonyl (C=O) groups excluding carboxylic acids is 3. The molecule has 0 unspecified atom stereocenters. The summed E-state index contributed by atoms with van der Waals surface area (Å²) in [5.41, 5.74) is -0.345. The molecule has 1 saturated heterocycles. The molecule has 1 aromatic rings. The number of amides is 3. The summed E-state index contributed by atoms with van der Waals surface area (Å²) in [6.45, 7) is 6.09. The molecule has 3 aliphatic rings. The van der Waals surface area contributed by atoms with Gasteiger partial charge in [-0.15, -0.1) is 6.58 Å². The minimum Gasteiger partial charge on any atom is -0.488 e. The quantitative estimate of drug-likeness (QED) is 0.423. The van der Waals surface area contributed by atoms with Crippen molar-refractivity contribution in [2.45, 2.75) is 101 Å². The van der Waals surface area contributed by atoms with Gasteiger partial charge in [-0.2, -0.15) is 0 Å². The van der Waals surface area contributed by atoms with Crippen molar-refractivity contribution in [1.82, 2.24) is 15.5 Å². The predicted octanol–water partition coefficient (Wildman–Crippen LogP) is 3.97. The number of carbonyl (C=O) groups is 4. The number of para-hydroxylation sites is 1. The number of nitrogens with one attached hydrogen (secondary N) is 2. The molecular formula is C31H43N3O7. The summed E-state index contributed by atoms with van der Waals surface area (Å²) in [5, 5.41) is 15.3. The van der Waals surface area contributed by atoms with Gasteiger partial charge in [0.25, 0.3) is 0 Å². The highest BCUT2D eigenvalue weighted by atomic mass is 16.5. The van der Waals surface area contributed by atoms with Crippen LogP contribution in [0.2, 0.25) is 0 Å².